The number of hydrogen-bond donors (Lipinski definition) is 0. The van der Waals surface area contributed by atoms with Crippen molar-refractivity contribution in [3.05, 3.63) is 0 Å². The average molecular weight is 174 g/mol. The van der Waals surface area contributed by atoms with Crippen LogP contribution in [0.3, 0.4) is 0 Å². The van der Waals surface area contributed by atoms with E-state index in [0.717, 1.165) is 0 Å². The quantitative estimate of drug-likeness (QED) is 0.584. The molecule has 1 nitrogen and oxygen atoms in total. The molecule has 11 heavy (non-hydrogen) atoms. The Kier molecular flexibility index (Phi) is 3.33. The minimum atomic E-state index is -1.33. The Bertz CT molecular complexity index is 119. The van der Waals surface area contributed by atoms with E-state index in [1.165, 1.54) is 0 Å². The molecule has 0 aromatic rings. The van der Waals surface area contributed by atoms with Gasteiger partial charge in [-0.05, 0) is 32.0 Å². The minimum Gasteiger partial charge on any atom is -0.414 e. The van der Waals surface area contributed by atoms with Gasteiger partial charge >= 0.3 is 0 Å². The van der Waals surface area contributed by atoms with Crippen LogP contribution in [0.2, 0.25) is 19.6 Å². The SMILES string of the molecule is CC(O[Si](C)(C)C)C(C)(C)C. The second kappa shape index (κ2) is 3.28. The lowest BCUT2D eigenvalue weighted by molar-refractivity contribution is 0.0967. The van der Waals surface area contributed by atoms with Crippen LogP contribution in [0.5, 0.6) is 0 Å². The van der Waals surface area contributed by atoms with Crippen LogP contribution >= 0.6 is 0 Å². The van der Waals surface area contributed by atoms with Gasteiger partial charge in [-0.25, -0.2) is 0 Å². The third kappa shape index (κ3) is 5.45. The fraction of sp³-hybridized carbons (Fsp3) is 1.00. The molecule has 0 aliphatic heterocycles. The van der Waals surface area contributed by atoms with Crippen LogP contribution in [0.4, 0.5) is 0 Å². The topological polar surface area (TPSA) is 9.23 Å². The molecule has 0 radical (unpaired) electrons. The minimum absolute atomic E-state index is 0.278. The van der Waals surface area contributed by atoms with E-state index >= 15 is 0 Å². The van der Waals surface area contributed by atoms with Crippen LogP contribution in [0.1, 0.15) is 27.7 Å². The molecule has 0 bridgehead atoms. The maximum absolute atomic E-state index is 5.94. The fourth-order valence-electron chi connectivity index (χ4n) is 0.707. The molecular formula is C9H22OSi. The first-order valence-electron chi connectivity index (χ1n) is 4.31. The van der Waals surface area contributed by atoms with Crippen molar-refractivity contribution in [3.63, 3.8) is 0 Å². The monoisotopic (exact) mass is 174 g/mol. The van der Waals surface area contributed by atoms with Crippen molar-refractivity contribution in [1.29, 1.82) is 0 Å². The summed E-state index contributed by atoms with van der Waals surface area (Å²) in [5.41, 5.74) is 0.278. The standard InChI is InChI=1S/C9H22OSi/c1-8(9(2,3)4)10-11(5,6)7/h8H,1-7H3. The summed E-state index contributed by atoms with van der Waals surface area (Å²) in [6.45, 7) is 15.5. The van der Waals surface area contributed by atoms with Gasteiger partial charge in [-0.2, -0.15) is 0 Å². The van der Waals surface area contributed by atoms with Gasteiger partial charge in [0, 0.05) is 6.10 Å². The van der Waals surface area contributed by atoms with Gasteiger partial charge in [-0.3, -0.25) is 0 Å². The predicted octanol–water partition coefficient (Wildman–Crippen LogP) is 3.27. The van der Waals surface area contributed by atoms with Crippen LogP contribution in [-0.4, -0.2) is 14.4 Å². The molecule has 0 aliphatic carbocycles. The molecule has 0 fully saturated rings. The Morgan fingerprint density at radius 1 is 1.09 bits per heavy atom. The predicted molar refractivity (Wildman–Crippen MR) is 53.3 cm³/mol. The molecule has 0 saturated heterocycles. The third-order valence-corrected chi connectivity index (χ3v) is 2.81. The largest absolute Gasteiger partial charge is 0.414 e. The molecule has 0 rings (SSSR count). The van der Waals surface area contributed by atoms with E-state index in [-0.39, 0.29) is 5.41 Å². The molecule has 0 spiro atoms. The summed E-state index contributed by atoms with van der Waals surface area (Å²) in [7, 11) is -1.33. The summed E-state index contributed by atoms with van der Waals surface area (Å²) in [4.78, 5) is 0. The number of rotatable bonds is 2. The summed E-state index contributed by atoms with van der Waals surface area (Å²) in [5, 5.41) is 0. The summed E-state index contributed by atoms with van der Waals surface area (Å²) in [5.74, 6) is 0. The van der Waals surface area contributed by atoms with Gasteiger partial charge in [0.2, 0.25) is 0 Å². The second-order valence-corrected chi connectivity index (χ2v) is 9.70. The Morgan fingerprint density at radius 2 is 1.45 bits per heavy atom. The van der Waals surface area contributed by atoms with Gasteiger partial charge in [0.25, 0.3) is 0 Å². The maximum atomic E-state index is 5.94. The van der Waals surface area contributed by atoms with E-state index in [1.54, 1.807) is 0 Å². The Balaban J connectivity index is 3.99. The molecule has 0 aliphatic rings. The molecule has 0 heterocycles. The fourth-order valence-corrected chi connectivity index (χ4v) is 2.12. The molecule has 0 amide bonds. The van der Waals surface area contributed by atoms with E-state index in [9.17, 15) is 0 Å². The van der Waals surface area contributed by atoms with Crippen molar-refractivity contribution in [2.45, 2.75) is 53.4 Å². The van der Waals surface area contributed by atoms with Crippen LogP contribution in [0, 0.1) is 5.41 Å². The molecule has 0 aromatic heterocycles. The lowest BCUT2D eigenvalue weighted by atomic mass is 9.91. The molecule has 0 aromatic carbocycles. The van der Waals surface area contributed by atoms with Crippen molar-refractivity contribution in [1.82, 2.24) is 0 Å². The Morgan fingerprint density at radius 3 is 1.55 bits per heavy atom. The van der Waals surface area contributed by atoms with E-state index in [2.05, 4.69) is 47.3 Å². The Labute approximate surface area is 72.3 Å². The zero-order valence-corrected chi connectivity index (χ0v) is 9.99. The first-order valence-corrected chi connectivity index (χ1v) is 7.71. The molecular weight excluding hydrogens is 152 g/mol. The molecule has 2 heteroatoms. The second-order valence-electron chi connectivity index (χ2n) is 5.24. The Hall–Kier alpha value is 0.177. The lowest BCUT2D eigenvalue weighted by Crippen LogP contribution is -2.37. The molecule has 68 valence electrons. The summed E-state index contributed by atoms with van der Waals surface area (Å²) >= 11 is 0. The highest BCUT2D eigenvalue weighted by molar-refractivity contribution is 6.69. The zero-order valence-electron chi connectivity index (χ0n) is 8.99. The van der Waals surface area contributed by atoms with Crippen molar-refractivity contribution in [2.24, 2.45) is 5.41 Å². The van der Waals surface area contributed by atoms with Gasteiger partial charge in [0.05, 0.1) is 0 Å². The van der Waals surface area contributed by atoms with Gasteiger partial charge in [-0.15, -0.1) is 0 Å². The lowest BCUT2D eigenvalue weighted by Gasteiger charge is -2.33. The van der Waals surface area contributed by atoms with Crippen molar-refractivity contribution in [2.75, 3.05) is 0 Å². The van der Waals surface area contributed by atoms with Gasteiger partial charge < -0.3 is 4.43 Å². The van der Waals surface area contributed by atoms with Gasteiger partial charge in [-0.1, -0.05) is 20.8 Å². The van der Waals surface area contributed by atoms with Crippen molar-refractivity contribution >= 4 is 8.32 Å². The van der Waals surface area contributed by atoms with Crippen LogP contribution in [0.15, 0.2) is 0 Å². The number of hydrogen-bond acceptors (Lipinski definition) is 1. The first kappa shape index (κ1) is 11.2. The van der Waals surface area contributed by atoms with E-state index < -0.39 is 8.32 Å². The molecule has 1 atom stereocenters. The highest BCUT2D eigenvalue weighted by atomic mass is 28.4. The molecule has 0 N–H and O–H groups in total. The van der Waals surface area contributed by atoms with Crippen molar-refractivity contribution < 1.29 is 4.43 Å². The van der Waals surface area contributed by atoms with Crippen molar-refractivity contribution in [3.8, 4) is 0 Å². The van der Waals surface area contributed by atoms with Crippen LogP contribution < -0.4 is 0 Å². The molecule has 0 saturated carbocycles. The summed E-state index contributed by atoms with van der Waals surface area (Å²) in [6, 6.07) is 0. The zero-order chi connectivity index (χ0) is 9.28. The smallest absolute Gasteiger partial charge is 0.184 e. The van der Waals surface area contributed by atoms with Gasteiger partial charge in [0.15, 0.2) is 8.32 Å². The van der Waals surface area contributed by atoms with Gasteiger partial charge in [0.1, 0.15) is 0 Å². The maximum Gasteiger partial charge on any atom is 0.184 e. The first-order chi connectivity index (χ1) is 4.63. The summed E-state index contributed by atoms with van der Waals surface area (Å²) in [6.07, 6.45) is 0.370. The summed E-state index contributed by atoms with van der Waals surface area (Å²) < 4.78 is 5.94. The normalized spacial score (nSPS) is 16.6. The van der Waals surface area contributed by atoms with E-state index in [1.807, 2.05) is 0 Å². The van der Waals surface area contributed by atoms with E-state index in [4.69, 9.17) is 4.43 Å². The average Bonchev–Trinajstić information content (AvgIpc) is 1.56. The molecule has 1 unspecified atom stereocenters. The highest BCUT2D eigenvalue weighted by Crippen LogP contribution is 2.24. The third-order valence-electron chi connectivity index (χ3n) is 1.75. The van der Waals surface area contributed by atoms with E-state index in [0.29, 0.717) is 6.10 Å². The highest BCUT2D eigenvalue weighted by Gasteiger charge is 2.26. The van der Waals surface area contributed by atoms with Crippen LogP contribution in [-0.2, 0) is 4.43 Å². The van der Waals surface area contributed by atoms with Crippen LogP contribution in [0.25, 0.3) is 0 Å².